The number of rotatable bonds is 4. The molecule has 0 unspecified atom stereocenters. The van der Waals surface area contributed by atoms with Crippen molar-refractivity contribution in [3.05, 3.63) is 71.7 Å². The van der Waals surface area contributed by atoms with E-state index >= 15 is 0 Å². The SMILES string of the molecule is COC(=O)C=Cn1c(C(C)(C)C)nc(-c2cc[n+]([O-])cc2)c1-c1ccc(F)cc1. The highest BCUT2D eigenvalue weighted by Crippen LogP contribution is 2.36. The molecule has 2 aromatic heterocycles. The molecule has 0 spiro atoms. The van der Waals surface area contributed by atoms with E-state index in [9.17, 15) is 14.4 Å². The number of carbonyl (C=O) groups excluding carboxylic acids is 1. The average Bonchev–Trinajstić information content (AvgIpc) is 3.07. The smallest absolute Gasteiger partial charge is 0.331 e. The van der Waals surface area contributed by atoms with E-state index in [4.69, 9.17) is 9.72 Å². The van der Waals surface area contributed by atoms with Crippen LogP contribution in [0.2, 0.25) is 0 Å². The zero-order chi connectivity index (χ0) is 21.2. The number of benzene rings is 1. The topological polar surface area (TPSA) is 71.1 Å². The second-order valence-electron chi connectivity index (χ2n) is 7.55. The Bertz CT molecular complexity index is 1050. The summed E-state index contributed by atoms with van der Waals surface area (Å²) in [6, 6.07) is 9.39. The van der Waals surface area contributed by atoms with Crippen LogP contribution in [-0.2, 0) is 14.9 Å². The lowest BCUT2D eigenvalue weighted by Crippen LogP contribution is -2.23. The first-order valence-corrected chi connectivity index (χ1v) is 9.04. The second-order valence-corrected chi connectivity index (χ2v) is 7.55. The van der Waals surface area contributed by atoms with Crippen LogP contribution in [0.1, 0.15) is 26.6 Å². The van der Waals surface area contributed by atoms with Crippen LogP contribution >= 0.6 is 0 Å². The van der Waals surface area contributed by atoms with Crippen molar-refractivity contribution in [3.63, 3.8) is 0 Å². The molecule has 0 bridgehead atoms. The Morgan fingerprint density at radius 1 is 1.14 bits per heavy atom. The molecule has 7 heteroatoms. The van der Waals surface area contributed by atoms with Crippen molar-refractivity contribution in [3.8, 4) is 22.5 Å². The minimum atomic E-state index is -0.503. The number of hydrogen-bond donors (Lipinski definition) is 0. The van der Waals surface area contributed by atoms with Gasteiger partial charge in [0.15, 0.2) is 12.4 Å². The number of nitrogens with zero attached hydrogens (tertiary/aromatic N) is 3. The van der Waals surface area contributed by atoms with Crippen LogP contribution < -0.4 is 4.73 Å². The summed E-state index contributed by atoms with van der Waals surface area (Å²) in [6.45, 7) is 6.02. The molecule has 0 aliphatic rings. The number of ether oxygens (including phenoxy) is 1. The number of halogens is 1. The Hall–Kier alpha value is -3.48. The van der Waals surface area contributed by atoms with E-state index in [1.807, 2.05) is 20.8 Å². The van der Waals surface area contributed by atoms with Crippen molar-refractivity contribution in [1.29, 1.82) is 0 Å². The summed E-state index contributed by atoms with van der Waals surface area (Å²) in [6.07, 6.45) is 5.69. The summed E-state index contributed by atoms with van der Waals surface area (Å²) in [5, 5.41) is 11.5. The fourth-order valence-corrected chi connectivity index (χ4v) is 2.97. The molecular weight excluding hydrogens is 373 g/mol. The summed E-state index contributed by atoms with van der Waals surface area (Å²) >= 11 is 0. The lowest BCUT2D eigenvalue weighted by Gasteiger charge is -2.19. The highest BCUT2D eigenvalue weighted by molar-refractivity contribution is 5.87. The molecule has 0 aliphatic heterocycles. The van der Waals surface area contributed by atoms with Gasteiger partial charge in [-0.2, -0.15) is 4.73 Å². The predicted octanol–water partition coefficient (Wildman–Crippen LogP) is 3.93. The molecule has 0 radical (unpaired) electrons. The third-order valence-electron chi connectivity index (χ3n) is 4.34. The number of imidazole rings is 1. The van der Waals surface area contributed by atoms with Gasteiger partial charge in [0.1, 0.15) is 11.6 Å². The van der Waals surface area contributed by atoms with Crippen molar-refractivity contribution >= 4 is 12.2 Å². The lowest BCUT2D eigenvalue weighted by molar-refractivity contribution is -0.605. The fraction of sp³-hybridized carbons (Fsp3) is 0.227. The van der Waals surface area contributed by atoms with Crippen LogP contribution in [0.5, 0.6) is 0 Å². The quantitative estimate of drug-likeness (QED) is 0.290. The fourth-order valence-electron chi connectivity index (χ4n) is 2.97. The molecule has 3 rings (SSSR count). The van der Waals surface area contributed by atoms with E-state index in [2.05, 4.69) is 0 Å². The molecular formula is C22H22FN3O3. The average molecular weight is 395 g/mol. The molecule has 3 aromatic rings. The van der Waals surface area contributed by atoms with Gasteiger partial charge in [0, 0.05) is 41.0 Å². The summed E-state index contributed by atoms with van der Waals surface area (Å²) in [5.41, 5.74) is 2.39. The first-order chi connectivity index (χ1) is 13.7. The van der Waals surface area contributed by atoms with E-state index in [-0.39, 0.29) is 11.2 Å². The van der Waals surface area contributed by atoms with Gasteiger partial charge in [-0.1, -0.05) is 20.8 Å². The molecule has 0 amide bonds. The van der Waals surface area contributed by atoms with E-state index < -0.39 is 5.97 Å². The highest BCUT2D eigenvalue weighted by Gasteiger charge is 2.27. The number of esters is 1. The molecule has 0 N–H and O–H groups in total. The van der Waals surface area contributed by atoms with Gasteiger partial charge < -0.3 is 14.5 Å². The Morgan fingerprint density at radius 3 is 2.31 bits per heavy atom. The number of aromatic nitrogens is 3. The molecule has 0 saturated carbocycles. The largest absolute Gasteiger partial charge is 0.619 e. The van der Waals surface area contributed by atoms with Crippen molar-refractivity contribution in [2.75, 3.05) is 7.11 Å². The van der Waals surface area contributed by atoms with E-state index in [1.165, 1.54) is 37.7 Å². The van der Waals surface area contributed by atoms with E-state index in [0.717, 1.165) is 11.1 Å². The Morgan fingerprint density at radius 2 is 1.76 bits per heavy atom. The maximum absolute atomic E-state index is 13.5. The van der Waals surface area contributed by atoms with Gasteiger partial charge in [0.05, 0.1) is 18.5 Å². The standard InChI is InChI=1S/C22H22FN3O3/c1-22(2,3)21-24-19(15-9-12-25(28)13-10-15)20(16-5-7-17(23)8-6-16)26(21)14-11-18(27)29-4/h5-14H,1-4H3. The molecule has 0 aliphatic carbocycles. The van der Waals surface area contributed by atoms with Crippen LogP contribution in [0.4, 0.5) is 4.39 Å². The first-order valence-electron chi connectivity index (χ1n) is 9.04. The van der Waals surface area contributed by atoms with E-state index in [0.29, 0.717) is 21.9 Å². The Balaban J connectivity index is 2.33. The van der Waals surface area contributed by atoms with Gasteiger partial charge in [-0.15, -0.1) is 0 Å². The maximum Gasteiger partial charge on any atom is 0.331 e. The van der Waals surface area contributed by atoms with Crippen molar-refractivity contribution < 1.29 is 18.7 Å². The molecule has 0 atom stereocenters. The maximum atomic E-state index is 13.5. The highest BCUT2D eigenvalue weighted by atomic mass is 19.1. The zero-order valence-electron chi connectivity index (χ0n) is 16.7. The summed E-state index contributed by atoms with van der Waals surface area (Å²) in [7, 11) is 1.31. The van der Waals surface area contributed by atoms with Gasteiger partial charge >= 0.3 is 5.97 Å². The lowest BCUT2D eigenvalue weighted by atomic mass is 9.95. The molecule has 1 aromatic carbocycles. The van der Waals surface area contributed by atoms with Gasteiger partial charge in [0.25, 0.3) is 0 Å². The van der Waals surface area contributed by atoms with Crippen LogP contribution in [-0.4, -0.2) is 22.6 Å². The predicted molar refractivity (Wildman–Crippen MR) is 108 cm³/mol. The van der Waals surface area contributed by atoms with Crippen molar-refractivity contribution in [2.45, 2.75) is 26.2 Å². The monoisotopic (exact) mass is 395 g/mol. The Kier molecular flexibility index (Phi) is 5.50. The molecule has 6 nitrogen and oxygen atoms in total. The van der Waals surface area contributed by atoms with Gasteiger partial charge in [0.2, 0.25) is 0 Å². The molecule has 2 heterocycles. The summed E-state index contributed by atoms with van der Waals surface area (Å²) < 4.78 is 20.7. The number of carbonyl (C=O) groups is 1. The normalized spacial score (nSPS) is 11.8. The van der Waals surface area contributed by atoms with Crippen LogP contribution in [0.25, 0.3) is 28.7 Å². The first kappa shape index (κ1) is 20.3. The van der Waals surface area contributed by atoms with E-state index in [1.54, 1.807) is 35.0 Å². The third kappa shape index (κ3) is 4.34. The zero-order valence-corrected chi connectivity index (χ0v) is 16.7. The van der Waals surface area contributed by atoms with Crippen molar-refractivity contribution in [2.24, 2.45) is 0 Å². The van der Waals surface area contributed by atoms with Crippen LogP contribution in [0.15, 0.2) is 54.9 Å². The number of pyridine rings is 1. The molecule has 0 fully saturated rings. The second kappa shape index (κ2) is 7.87. The third-order valence-corrected chi connectivity index (χ3v) is 4.34. The minimum Gasteiger partial charge on any atom is -0.619 e. The molecule has 0 saturated heterocycles. The minimum absolute atomic E-state index is 0.352. The molecule has 150 valence electrons. The number of hydrogen-bond acceptors (Lipinski definition) is 4. The number of methoxy groups -OCH3 is 1. The van der Waals surface area contributed by atoms with Crippen LogP contribution in [0, 0.1) is 11.0 Å². The van der Waals surface area contributed by atoms with Crippen LogP contribution in [0.3, 0.4) is 0 Å². The van der Waals surface area contributed by atoms with Crippen molar-refractivity contribution in [1.82, 2.24) is 9.55 Å². The van der Waals surface area contributed by atoms with Gasteiger partial charge in [-0.05, 0) is 24.3 Å². The van der Waals surface area contributed by atoms with Gasteiger partial charge in [-0.3, -0.25) is 0 Å². The Labute approximate surface area is 168 Å². The molecule has 29 heavy (non-hydrogen) atoms. The summed E-state index contributed by atoms with van der Waals surface area (Å²) in [4.78, 5) is 16.6. The summed E-state index contributed by atoms with van der Waals surface area (Å²) in [5.74, 6) is -0.155. The van der Waals surface area contributed by atoms with Gasteiger partial charge in [-0.25, -0.2) is 14.2 Å².